The monoisotopic (exact) mass is 234 g/mol. The Bertz CT molecular complexity index is 337. The van der Waals surface area contributed by atoms with Gasteiger partial charge in [-0.25, -0.2) is 0 Å². The molecule has 0 bridgehead atoms. The summed E-state index contributed by atoms with van der Waals surface area (Å²) in [6, 6.07) is 9.71. The number of para-hydroxylation sites is 1. The Morgan fingerprint density at radius 3 is 2.53 bits per heavy atom. The number of hydrogen-bond acceptors (Lipinski definition) is 2. The lowest BCUT2D eigenvalue weighted by Crippen LogP contribution is -2.44. The van der Waals surface area contributed by atoms with Crippen LogP contribution in [0.1, 0.15) is 26.7 Å². The number of carbonyl (C=O) groups is 1. The van der Waals surface area contributed by atoms with Crippen LogP contribution in [0.5, 0.6) is 0 Å². The van der Waals surface area contributed by atoms with Crippen molar-refractivity contribution in [2.24, 2.45) is 0 Å². The standard InChI is InChI=1S/C14H22N2O/c1-4-5-11-16(14(17)12(2)15-3)13-9-7-6-8-10-13/h6-10,12,15H,4-5,11H2,1-3H3. The average molecular weight is 234 g/mol. The summed E-state index contributed by atoms with van der Waals surface area (Å²) < 4.78 is 0. The zero-order chi connectivity index (χ0) is 12.7. The molecule has 0 heterocycles. The van der Waals surface area contributed by atoms with Gasteiger partial charge >= 0.3 is 0 Å². The van der Waals surface area contributed by atoms with Crippen LogP contribution in [0.3, 0.4) is 0 Å². The second-order valence-corrected chi connectivity index (χ2v) is 4.19. The largest absolute Gasteiger partial charge is 0.311 e. The van der Waals surface area contributed by atoms with Gasteiger partial charge in [-0.1, -0.05) is 31.5 Å². The number of hydrogen-bond donors (Lipinski definition) is 1. The van der Waals surface area contributed by atoms with Crippen LogP contribution in [0, 0.1) is 0 Å². The third-order valence-corrected chi connectivity index (χ3v) is 2.87. The number of benzene rings is 1. The maximum Gasteiger partial charge on any atom is 0.243 e. The lowest BCUT2D eigenvalue weighted by Gasteiger charge is -2.25. The van der Waals surface area contributed by atoms with Crippen LogP contribution in [0.4, 0.5) is 5.69 Å². The van der Waals surface area contributed by atoms with Crippen molar-refractivity contribution < 1.29 is 4.79 Å². The summed E-state index contributed by atoms with van der Waals surface area (Å²) in [5.41, 5.74) is 0.980. The molecule has 1 atom stereocenters. The van der Waals surface area contributed by atoms with E-state index in [9.17, 15) is 4.79 Å². The fourth-order valence-corrected chi connectivity index (χ4v) is 1.65. The fourth-order valence-electron chi connectivity index (χ4n) is 1.65. The van der Waals surface area contributed by atoms with Crippen molar-refractivity contribution >= 4 is 11.6 Å². The molecule has 0 saturated carbocycles. The molecule has 3 heteroatoms. The Hall–Kier alpha value is -1.35. The number of nitrogens with zero attached hydrogens (tertiary/aromatic N) is 1. The van der Waals surface area contributed by atoms with Crippen LogP contribution in [-0.2, 0) is 4.79 Å². The minimum atomic E-state index is -0.146. The van der Waals surface area contributed by atoms with Crippen LogP contribution < -0.4 is 10.2 Å². The Labute approximate surface area is 104 Å². The van der Waals surface area contributed by atoms with Gasteiger partial charge in [-0.05, 0) is 32.5 Å². The minimum Gasteiger partial charge on any atom is -0.311 e. The van der Waals surface area contributed by atoms with Gasteiger partial charge in [0.05, 0.1) is 6.04 Å². The Morgan fingerprint density at radius 2 is 2.00 bits per heavy atom. The van der Waals surface area contributed by atoms with Crippen molar-refractivity contribution in [3.8, 4) is 0 Å². The second kappa shape index (κ2) is 7.07. The number of likely N-dealkylation sites (N-methyl/N-ethyl adjacent to an activating group) is 1. The number of nitrogens with one attached hydrogen (secondary N) is 1. The predicted octanol–water partition coefficient (Wildman–Crippen LogP) is 2.43. The van der Waals surface area contributed by atoms with E-state index < -0.39 is 0 Å². The Morgan fingerprint density at radius 1 is 1.35 bits per heavy atom. The van der Waals surface area contributed by atoms with Crippen LogP contribution in [0.25, 0.3) is 0 Å². The Kier molecular flexibility index (Phi) is 5.70. The van der Waals surface area contributed by atoms with Gasteiger partial charge in [0, 0.05) is 12.2 Å². The number of amides is 1. The van der Waals surface area contributed by atoms with Crippen LogP contribution in [0.2, 0.25) is 0 Å². The van der Waals surface area contributed by atoms with Gasteiger partial charge in [0.15, 0.2) is 0 Å². The smallest absolute Gasteiger partial charge is 0.243 e. The topological polar surface area (TPSA) is 32.3 Å². The summed E-state index contributed by atoms with van der Waals surface area (Å²) in [4.78, 5) is 14.1. The van der Waals surface area contributed by atoms with Crippen molar-refractivity contribution in [1.29, 1.82) is 0 Å². The maximum atomic E-state index is 12.2. The number of unbranched alkanes of at least 4 members (excludes halogenated alkanes) is 1. The molecule has 0 aliphatic carbocycles. The van der Waals surface area contributed by atoms with E-state index in [2.05, 4.69) is 12.2 Å². The molecule has 0 aromatic heterocycles. The molecule has 0 saturated heterocycles. The zero-order valence-corrected chi connectivity index (χ0v) is 10.9. The molecule has 0 fully saturated rings. The van der Waals surface area contributed by atoms with E-state index in [0.29, 0.717) is 0 Å². The molecular formula is C14H22N2O. The van der Waals surface area contributed by atoms with Gasteiger partial charge in [-0.2, -0.15) is 0 Å². The van der Waals surface area contributed by atoms with Gasteiger partial charge in [0.1, 0.15) is 0 Å². The number of anilines is 1. The summed E-state index contributed by atoms with van der Waals surface area (Å²) in [5.74, 6) is 0.132. The summed E-state index contributed by atoms with van der Waals surface area (Å²) in [7, 11) is 1.81. The van der Waals surface area contributed by atoms with Crippen molar-refractivity contribution in [3.63, 3.8) is 0 Å². The van der Waals surface area contributed by atoms with Crippen molar-refractivity contribution in [2.45, 2.75) is 32.7 Å². The highest BCUT2D eigenvalue weighted by molar-refractivity contribution is 5.96. The molecule has 1 N–H and O–H groups in total. The van der Waals surface area contributed by atoms with E-state index in [0.717, 1.165) is 25.1 Å². The zero-order valence-electron chi connectivity index (χ0n) is 10.9. The molecule has 1 aromatic rings. The van der Waals surface area contributed by atoms with E-state index in [1.54, 1.807) is 0 Å². The summed E-state index contributed by atoms with van der Waals surface area (Å²) in [6.45, 7) is 4.81. The van der Waals surface area contributed by atoms with E-state index in [1.165, 1.54) is 0 Å². The first-order chi connectivity index (χ1) is 8.20. The van der Waals surface area contributed by atoms with Gasteiger partial charge < -0.3 is 10.2 Å². The first kappa shape index (κ1) is 13.7. The van der Waals surface area contributed by atoms with Gasteiger partial charge in [-0.15, -0.1) is 0 Å². The summed E-state index contributed by atoms with van der Waals surface area (Å²) in [6.07, 6.45) is 2.11. The highest BCUT2D eigenvalue weighted by Gasteiger charge is 2.19. The van der Waals surface area contributed by atoms with E-state index >= 15 is 0 Å². The fraction of sp³-hybridized carbons (Fsp3) is 0.500. The van der Waals surface area contributed by atoms with Gasteiger partial charge in [-0.3, -0.25) is 4.79 Å². The first-order valence-electron chi connectivity index (χ1n) is 6.24. The third kappa shape index (κ3) is 3.86. The molecule has 0 aliphatic rings. The second-order valence-electron chi connectivity index (χ2n) is 4.19. The third-order valence-electron chi connectivity index (χ3n) is 2.87. The van der Waals surface area contributed by atoms with Gasteiger partial charge in [0.2, 0.25) is 5.91 Å². The maximum absolute atomic E-state index is 12.2. The molecule has 1 rings (SSSR count). The molecule has 1 aromatic carbocycles. The number of carbonyl (C=O) groups excluding carboxylic acids is 1. The molecule has 3 nitrogen and oxygen atoms in total. The average Bonchev–Trinajstić information content (AvgIpc) is 2.39. The summed E-state index contributed by atoms with van der Waals surface area (Å²) >= 11 is 0. The molecule has 94 valence electrons. The molecule has 17 heavy (non-hydrogen) atoms. The minimum absolute atomic E-state index is 0.132. The van der Waals surface area contributed by atoms with Crippen LogP contribution in [-0.4, -0.2) is 25.5 Å². The highest BCUT2D eigenvalue weighted by atomic mass is 16.2. The molecule has 1 amide bonds. The molecule has 1 unspecified atom stereocenters. The molecule has 0 aliphatic heterocycles. The predicted molar refractivity (Wildman–Crippen MR) is 72.2 cm³/mol. The van der Waals surface area contributed by atoms with Crippen LogP contribution >= 0.6 is 0 Å². The lowest BCUT2D eigenvalue weighted by atomic mass is 10.2. The van der Waals surface area contributed by atoms with E-state index in [1.807, 2.05) is 49.2 Å². The van der Waals surface area contributed by atoms with Crippen molar-refractivity contribution in [1.82, 2.24) is 5.32 Å². The van der Waals surface area contributed by atoms with Crippen LogP contribution in [0.15, 0.2) is 30.3 Å². The van der Waals surface area contributed by atoms with E-state index in [-0.39, 0.29) is 11.9 Å². The summed E-state index contributed by atoms with van der Waals surface area (Å²) in [5, 5.41) is 3.00. The molecule has 0 spiro atoms. The highest BCUT2D eigenvalue weighted by Crippen LogP contribution is 2.15. The van der Waals surface area contributed by atoms with E-state index in [4.69, 9.17) is 0 Å². The molecule has 0 radical (unpaired) electrons. The lowest BCUT2D eigenvalue weighted by molar-refractivity contribution is -0.120. The Balaban J connectivity index is 2.84. The SMILES string of the molecule is CCCCN(C(=O)C(C)NC)c1ccccc1. The first-order valence-corrected chi connectivity index (χ1v) is 6.24. The normalized spacial score (nSPS) is 12.2. The van der Waals surface area contributed by atoms with Crippen molar-refractivity contribution in [2.75, 3.05) is 18.5 Å². The number of rotatable bonds is 6. The van der Waals surface area contributed by atoms with Gasteiger partial charge in [0.25, 0.3) is 0 Å². The quantitative estimate of drug-likeness (QED) is 0.820. The molecular weight excluding hydrogens is 212 g/mol. The van der Waals surface area contributed by atoms with Crippen molar-refractivity contribution in [3.05, 3.63) is 30.3 Å².